The van der Waals surface area contributed by atoms with Crippen molar-refractivity contribution in [3.63, 3.8) is 0 Å². The smallest absolute Gasteiger partial charge is 0.399 e. The van der Waals surface area contributed by atoms with Gasteiger partial charge in [0.05, 0.1) is 16.7 Å². The van der Waals surface area contributed by atoms with Crippen LogP contribution in [0.2, 0.25) is 0 Å². The third-order valence-electron chi connectivity index (χ3n) is 3.81. The molecule has 1 saturated heterocycles. The normalized spacial score (nSPS) is 21.4. The van der Waals surface area contributed by atoms with Crippen molar-refractivity contribution in [3.8, 4) is 0 Å². The van der Waals surface area contributed by atoms with E-state index in [9.17, 15) is 8.78 Å². The highest BCUT2D eigenvalue weighted by atomic mass is 19.1. The minimum absolute atomic E-state index is 0.145. The van der Waals surface area contributed by atoms with Crippen LogP contribution in [0.5, 0.6) is 0 Å². The Kier molecular flexibility index (Phi) is 3.02. The highest BCUT2D eigenvalue weighted by Crippen LogP contribution is 2.36. The summed E-state index contributed by atoms with van der Waals surface area (Å²) in [5.41, 5.74) is -0.990. The molecule has 0 N–H and O–H groups in total. The monoisotopic (exact) mass is 254 g/mol. The van der Waals surface area contributed by atoms with Crippen LogP contribution in [0.15, 0.2) is 12.1 Å². The van der Waals surface area contributed by atoms with Crippen molar-refractivity contribution in [2.24, 2.45) is 0 Å². The Morgan fingerprint density at radius 2 is 1.50 bits per heavy atom. The van der Waals surface area contributed by atoms with E-state index in [1.807, 2.05) is 27.7 Å². The quantitative estimate of drug-likeness (QED) is 0.717. The first-order chi connectivity index (χ1) is 8.16. The highest BCUT2D eigenvalue weighted by molar-refractivity contribution is 6.62. The van der Waals surface area contributed by atoms with Crippen molar-refractivity contribution in [2.45, 2.75) is 45.8 Å². The maximum atomic E-state index is 14.0. The summed E-state index contributed by atoms with van der Waals surface area (Å²) in [6.45, 7) is 8.97. The second-order valence-corrected chi connectivity index (χ2v) is 5.68. The van der Waals surface area contributed by atoms with Gasteiger partial charge in [0.2, 0.25) is 0 Å². The largest absolute Gasteiger partial charge is 0.500 e. The Hall–Kier alpha value is -0.935. The molecule has 0 aliphatic carbocycles. The summed E-state index contributed by atoms with van der Waals surface area (Å²) in [6.07, 6.45) is 0. The summed E-state index contributed by atoms with van der Waals surface area (Å²) in [4.78, 5) is 0. The van der Waals surface area contributed by atoms with Gasteiger partial charge in [-0.15, -0.1) is 0 Å². The Morgan fingerprint density at radius 1 is 1.00 bits per heavy atom. The van der Waals surface area contributed by atoms with Crippen molar-refractivity contribution >= 4 is 12.6 Å². The van der Waals surface area contributed by atoms with E-state index in [1.165, 1.54) is 12.1 Å². The third kappa shape index (κ3) is 1.95. The zero-order valence-corrected chi connectivity index (χ0v) is 11.3. The van der Waals surface area contributed by atoms with E-state index in [-0.39, 0.29) is 5.46 Å². The van der Waals surface area contributed by atoms with Gasteiger partial charge in [-0.3, -0.25) is 0 Å². The van der Waals surface area contributed by atoms with Crippen LogP contribution in [0.1, 0.15) is 33.3 Å². The van der Waals surface area contributed by atoms with Gasteiger partial charge in [-0.05, 0) is 46.2 Å². The highest BCUT2D eigenvalue weighted by Gasteiger charge is 2.53. The van der Waals surface area contributed by atoms with Gasteiger partial charge in [0.1, 0.15) is 11.6 Å². The maximum Gasteiger partial charge on any atom is 0.500 e. The third-order valence-corrected chi connectivity index (χ3v) is 3.81. The van der Waals surface area contributed by atoms with E-state index in [1.54, 1.807) is 6.92 Å². The molecule has 1 aliphatic rings. The van der Waals surface area contributed by atoms with Crippen molar-refractivity contribution in [1.82, 2.24) is 0 Å². The van der Waals surface area contributed by atoms with Crippen LogP contribution in [-0.4, -0.2) is 18.3 Å². The number of benzene rings is 1. The minimum atomic E-state index is -1.00. The standard InChI is InChI=1S/C13H17BF2O2/c1-8-6-7-9(15)10(11(8)16)14-17-12(2,3)13(4,5)18-14/h6-7H,1-5H3. The molecule has 0 radical (unpaired) electrons. The average molecular weight is 254 g/mol. The zero-order valence-electron chi connectivity index (χ0n) is 11.3. The molecular formula is C13H17BF2O2. The fourth-order valence-electron chi connectivity index (χ4n) is 1.86. The molecular weight excluding hydrogens is 237 g/mol. The molecule has 1 aliphatic heterocycles. The van der Waals surface area contributed by atoms with E-state index < -0.39 is 30.0 Å². The van der Waals surface area contributed by atoms with Gasteiger partial charge in [0.25, 0.3) is 0 Å². The second-order valence-electron chi connectivity index (χ2n) is 5.68. The van der Waals surface area contributed by atoms with Crippen molar-refractivity contribution in [1.29, 1.82) is 0 Å². The summed E-state index contributed by atoms with van der Waals surface area (Å²) >= 11 is 0. The molecule has 0 amide bonds. The van der Waals surface area contributed by atoms with Gasteiger partial charge in [-0.25, -0.2) is 8.78 Å². The molecule has 1 fully saturated rings. The molecule has 1 aromatic rings. The molecule has 18 heavy (non-hydrogen) atoms. The van der Waals surface area contributed by atoms with E-state index in [4.69, 9.17) is 9.31 Å². The molecule has 0 atom stereocenters. The predicted molar refractivity (Wildman–Crippen MR) is 66.8 cm³/mol. The fraction of sp³-hybridized carbons (Fsp3) is 0.538. The number of rotatable bonds is 1. The maximum absolute atomic E-state index is 14.0. The number of hydrogen-bond acceptors (Lipinski definition) is 2. The summed E-state index contributed by atoms with van der Waals surface area (Å²) in [6, 6.07) is 2.64. The Balaban J connectivity index is 2.44. The van der Waals surface area contributed by atoms with E-state index in [0.29, 0.717) is 5.56 Å². The number of hydrogen-bond donors (Lipinski definition) is 0. The first-order valence-corrected chi connectivity index (χ1v) is 5.96. The number of aryl methyl sites for hydroxylation is 1. The van der Waals surface area contributed by atoms with Gasteiger partial charge < -0.3 is 9.31 Å². The predicted octanol–water partition coefficient (Wildman–Crippen LogP) is 2.57. The van der Waals surface area contributed by atoms with Crippen molar-refractivity contribution < 1.29 is 18.1 Å². The van der Waals surface area contributed by atoms with Gasteiger partial charge in [0.15, 0.2) is 0 Å². The van der Waals surface area contributed by atoms with Crippen molar-refractivity contribution in [3.05, 3.63) is 29.3 Å². The summed E-state index contributed by atoms with van der Waals surface area (Å²) < 4.78 is 39.1. The van der Waals surface area contributed by atoms with Crippen LogP contribution in [-0.2, 0) is 9.31 Å². The summed E-state index contributed by atoms with van der Waals surface area (Å²) in [5, 5.41) is 0. The summed E-state index contributed by atoms with van der Waals surface area (Å²) in [5.74, 6) is -1.25. The van der Waals surface area contributed by atoms with Crippen LogP contribution in [0.25, 0.3) is 0 Å². The number of halogens is 2. The lowest BCUT2D eigenvalue weighted by molar-refractivity contribution is 0.00578. The van der Waals surface area contributed by atoms with Crippen LogP contribution in [0.4, 0.5) is 8.78 Å². The molecule has 2 rings (SSSR count). The molecule has 0 unspecified atom stereocenters. The molecule has 1 aromatic carbocycles. The Bertz CT molecular complexity index is 470. The van der Waals surface area contributed by atoms with E-state index in [0.717, 1.165) is 0 Å². The Labute approximate surface area is 106 Å². The first-order valence-electron chi connectivity index (χ1n) is 5.96. The minimum Gasteiger partial charge on any atom is -0.399 e. The van der Waals surface area contributed by atoms with Gasteiger partial charge in [-0.2, -0.15) is 0 Å². The lowest BCUT2D eigenvalue weighted by Crippen LogP contribution is -2.41. The molecule has 98 valence electrons. The first kappa shape index (κ1) is 13.5. The van der Waals surface area contributed by atoms with Crippen LogP contribution in [0, 0.1) is 18.6 Å². The molecule has 0 saturated carbocycles. The van der Waals surface area contributed by atoms with Crippen molar-refractivity contribution in [2.75, 3.05) is 0 Å². The lowest BCUT2D eigenvalue weighted by Gasteiger charge is -2.32. The molecule has 2 nitrogen and oxygen atoms in total. The Morgan fingerprint density at radius 3 is 2.00 bits per heavy atom. The van der Waals surface area contributed by atoms with Gasteiger partial charge >= 0.3 is 7.12 Å². The van der Waals surface area contributed by atoms with E-state index in [2.05, 4.69) is 0 Å². The van der Waals surface area contributed by atoms with Crippen LogP contribution < -0.4 is 5.46 Å². The summed E-state index contributed by atoms with van der Waals surface area (Å²) in [7, 11) is -1.00. The van der Waals surface area contributed by atoms with E-state index >= 15 is 0 Å². The average Bonchev–Trinajstić information content (AvgIpc) is 2.43. The molecule has 0 bridgehead atoms. The molecule has 1 heterocycles. The fourth-order valence-corrected chi connectivity index (χ4v) is 1.86. The molecule has 5 heteroatoms. The molecule has 0 spiro atoms. The van der Waals surface area contributed by atoms with Crippen LogP contribution >= 0.6 is 0 Å². The van der Waals surface area contributed by atoms with Crippen LogP contribution in [0.3, 0.4) is 0 Å². The molecule has 0 aromatic heterocycles. The van der Waals surface area contributed by atoms with Gasteiger partial charge in [0, 0.05) is 0 Å². The second kappa shape index (κ2) is 4.03. The topological polar surface area (TPSA) is 18.5 Å². The lowest BCUT2D eigenvalue weighted by atomic mass is 9.77. The SMILES string of the molecule is Cc1ccc(F)c(B2OC(C)(C)C(C)(C)O2)c1F. The van der Waals surface area contributed by atoms with Gasteiger partial charge in [-0.1, -0.05) is 6.07 Å². The zero-order chi connectivity index (χ0) is 13.7.